The van der Waals surface area contributed by atoms with Crippen LogP contribution in [0, 0.1) is 0 Å². The fraction of sp³-hybridized carbons (Fsp3) is 0.143. The normalized spacial score (nSPS) is 16.2. The number of carbonyl (C=O) groups excluding carboxylic acids is 2. The first-order chi connectivity index (χ1) is 9.10. The average molecular weight is 323 g/mol. The number of carbonyl (C=O) groups is 2. The van der Waals surface area contributed by atoms with Crippen molar-refractivity contribution in [1.82, 2.24) is 0 Å². The Bertz CT molecular complexity index is 570. The van der Waals surface area contributed by atoms with Crippen molar-refractivity contribution >= 4 is 33.4 Å². The Labute approximate surface area is 118 Å². The van der Waals surface area contributed by atoms with E-state index in [9.17, 15) is 9.59 Å². The van der Waals surface area contributed by atoms with Crippen LogP contribution in [0.25, 0.3) is 5.76 Å². The summed E-state index contributed by atoms with van der Waals surface area (Å²) in [5, 5.41) is 0. The molecule has 0 bridgehead atoms. The second-order valence-corrected chi connectivity index (χ2v) is 4.66. The zero-order chi connectivity index (χ0) is 13.8. The first-order valence-electron chi connectivity index (χ1n) is 5.68. The van der Waals surface area contributed by atoms with Crippen molar-refractivity contribution in [2.24, 2.45) is 0 Å². The van der Waals surface area contributed by atoms with Gasteiger partial charge < -0.3 is 9.47 Å². The SMILES string of the molecule is CCOC(=O)/C=C1/OC(c2ccc(Br)cc2)=CC1=O. The fourth-order valence-corrected chi connectivity index (χ4v) is 1.80. The largest absolute Gasteiger partial charge is 0.463 e. The van der Waals surface area contributed by atoms with Crippen LogP contribution in [0.4, 0.5) is 0 Å². The van der Waals surface area contributed by atoms with Crippen LogP contribution in [0.5, 0.6) is 0 Å². The summed E-state index contributed by atoms with van der Waals surface area (Å²) in [5.74, 6) is -0.522. The molecule has 1 aliphatic heterocycles. The molecule has 0 unspecified atom stereocenters. The summed E-state index contributed by atoms with van der Waals surface area (Å²) in [6.07, 6.45) is 2.42. The number of benzene rings is 1. The molecule has 0 atom stereocenters. The molecule has 0 saturated heterocycles. The van der Waals surface area contributed by atoms with E-state index in [4.69, 9.17) is 9.47 Å². The second kappa shape index (κ2) is 5.84. The molecule has 1 aliphatic rings. The summed E-state index contributed by atoms with van der Waals surface area (Å²) in [7, 11) is 0. The number of hydrogen-bond donors (Lipinski definition) is 0. The molecule has 0 aliphatic carbocycles. The molecule has 4 nitrogen and oxygen atoms in total. The van der Waals surface area contributed by atoms with Crippen molar-refractivity contribution in [3.05, 3.63) is 52.2 Å². The minimum Gasteiger partial charge on any atom is -0.463 e. The molecule has 0 fully saturated rings. The van der Waals surface area contributed by atoms with Crippen LogP contribution in [0.1, 0.15) is 12.5 Å². The molecule has 98 valence electrons. The third-order valence-corrected chi connectivity index (χ3v) is 2.92. The molecule has 5 heteroatoms. The quantitative estimate of drug-likeness (QED) is 0.634. The molecule has 1 aromatic carbocycles. The first kappa shape index (κ1) is 13.5. The van der Waals surface area contributed by atoms with Crippen LogP contribution in [-0.4, -0.2) is 18.4 Å². The summed E-state index contributed by atoms with van der Waals surface area (Å²) in [4.78, 5) is 23.0. The fourth-order valence-electron chi connectivity index (χ4n) is 1.54. The summed E-state index contributed by atoms with van der Waals surface area (Å²) in [6.45, 7) is 1.95. The van der Waals surface area contributed by atoms with Gasteiger partial charge in [-0.15, -0.1) is 0 Å². The van der Waals surface area contributed by atoms with Gasteiger partial charge in [0.05, 0.1) is 12.7 Å². The van der Waals surface area contributed by atoms with Crippen molar-refractivity contribution in [2.75, 3.05) is 6.61 Å². The van der Waals surface area contributed by atoms with E-state index in [-0.39, 0.29) is 18.1 Å². The van der Waals surface area contributed by atoms with Crippen molar-refractivity contribution in [3.63, 3.8) is 0 Å². The van der Waals surface area contributed by atoms with Crippen molar-refractivity contribution in [2.45, 2.75) is 6.92 Å². The lowest BCUT2D eigenvalue weighted by Crippen LogP contribution is -2.04. The molecule has 0 N–H and O–H groups in total. The lowest BCUT2D eigenvalue weighted by molar-refractivity contribution is -0.137. The highest BCUT2D eigenvalue weighted by atomic mass is 79.9. The zero-order valence-corrected chi connectivity index (χ0v) is 11.8. The Kier molecular flexibility index (Phi) is 4.16. The Balaban J connectivity index is 2.16. The molecule has 1 aromatic rings. The van der Waals surface area contributed by atoms with Crippen LogP contribution < -0.4 is 0 Å². The highest BCUT2D eigenvalue weighted by Gasteiger charge is 2.23. The van der Waals surface area contributed by atoms with Gasteiger partial charge >= 0.3 is 5.97 Å². The van der Waals surface area contributed by atoms with Crippen LogP contribution in [0.2, 0.25) is 0 Å². The smallest absolute Gasteiger partial charge is 0.334 e. The maximum atomic E-state index is 11.7. The molecule has 0 amide bonds. The van der Waals surface area contributed by atoms with E-state index in [0.29, 0.717) is 5.76 Å². The minimum absolute atomic E-state index is 0.0173. The summed E-state index contributed by atoms with van der Waals surface area (Å²) < 4.78 is 11.0. The molecular weight excluding hydrogens is 312 g/mol. The molecule has 0 saturated carbocycles. The van der Waals surface area contributed by atoms with Gasteiger partial charge in [0.25, 0.3) is 0 Å². The van der Waals surface area contributed by atoms with E-state index in [0.717, 1.165) is 16.1 Å². The first-order valence-corrected chi connectivity index (χ1v) is 6.47. The van der Waals surface area contributed by atoms with Crippen molar-refractivity contribution in [1.29, 1.82) is 0 Å². The lowest BCUT2D eigenvalue weighted by atomic mass is 10.2. The summed E-state index contributed by atoms with van der Waals surface area (Å²) in [5.41, 5.74) is 0.767. The third kappa shape index (κ3) is 3.32. The average Bonchev–Trinajstić information content (AvgIpc) is 2.72. The Morgan fingerprint density at radius 2 is 2.05 bits per heavy atom. The van der Waals surface area contributed by atoms with Gasteiger partial charge in [-0.2, -0.15) is 0 Å². The monoisotopic (exact) mass is 322 g/mol. The van der Waals surface area contributed by atoms with Crippen LogP contribution >= 0.6 is 15.9 Å². The second-order valence-electron chi connectivity index (χ2n) is 3.74. The highest BCUT2D eigenvalue weighted by Crippen LogP contribution is 2.27. The van der Waals surface area contributed by atoms with Crippen LogP contribution in [-0.2, 0) is 19.1 Å². The number of ether oxygens (including phenoxy) is 2. The number of halogens is 1. The van der Waals surface area contributed by atoms with Gasteiger partial charge in [0.2, 0.25) is 5.78 Å². The van der Waals surface area contributed by atoms with Crippen LogP contribution in [0.15, 0.2) is 46.6 Å². The summed E-state index contributed by atoms with van der Waals surface area (Å²) >= 11 is 3.33. The molecule has 0 aromatic heterocycles. The minimum atomic E-state index is -0.587. The molecule has 2 rings (SSSR count). The van der Waals surface area contributed by atoms with E-state index in [1.807, 2.05) is 24.3 Å². The number of esters is 1. The number of hydrogen-bond acceptors (Lipinski definition) is 4. The number of allylic oxidation sites excluding steroid dienone is 1. The highest BCUT2D eigenvalue weighted by molar-refractivity contribution is 9.10. The van der Waals surface area contributed by atoms with Crippen molar-refractivity contribution in [3.8, 4) is 0 Å². The van der Waals surface area contributed by atoms with E-state index < -0.39 is 5.97 Å². The van der Waals surface area contributed by atoms with E-state index in [2.05, 4.69) is 15.9 Å². The molecule has 1 heterocycles. The van der Waals surface area contributed by atoms with E-state index in [1.54, 1.807) is 6.92 Å². The molecule has 19 heavy (non-hydrogen) atoms. The van der Waals surface area contributed by atoms with Gasteiger partial charge in [0.1, 0.15) is 5.76 Å². The van der Waals surface area contributed by atoms with Gasteiger partial charge in [0, 0.05) is 16.1 Å². The Hall–Kier alpha value is -1.88. The molecule has 0 radical (unpaired) electrons. The summed E-state index contributed by atoms with van der Waals surface area (Å²) in [6, 6.07) is 7.32. The predicted octanol–water partition coefficient (Wildman–Crippen LogP) is 2.84. The van der Waals surface area contributed by atoms with Gasteiger partial charge in [-0.25, -0.2) is 4.79 Å². The van der Waals surface area contributed by atoms with E-state index in [1.165, 1.54) is 6.08 Å². The van der Waals surface area contributed by atoms with E-state index >= 15 is 0 Å². The topological polar surface area (TPSA) is 52.6 Å². The van der Waals surface area contributed by atoms with Crippen LogP contribution in [0.3, 0.4) is 0 Å². The maximum absolute atomic E-state index is 11.7. The predicted molar refractivity (Wildman–Crippen MR) is 72.9 cm³/mol. The van der Waals surface area contributed by atoms with Crippen molar-refractivity contribution < 1.29 is 19.1 Å². The maximum Gasteiger partial charge on any atom is 0.334 e. The Morgan fingerprint density at radius 3 is 2.68 bits per heavy atom. The standard InChI is InChI=1S/C14H11BrO4/c1-2-18-14(17)8-13-11(16)7-12(19-13)9-3-5-10(15)6-4-9/h3-8H,2H2,1H3/b13-8+. The number of ketones is 1. The van der Waals surface area contributed by atoms with Gasteiger partial charge in [-0.3, -0.25) is 4.79 Å². The van der Waals surface area contributed by atoms with Gasteiger partial charge in [0.15, 0.2) is 5.76 Å². The molecule has 0 spiro atoms. The Morgan fingerprint density at radius 1 is 1.37 bits per heavy atom. The van der Waals surface area contributed by atoms with Gasteiger partial charge in [-0.05, 0) is 19.1 Å². The number of rotatable bonds is 3. The van der Waals surface area contributed by atoms with Gasteiger partial charge in [-0.1, -0.05) is 28.1 Å². The third-order valence-electron chi connectivity index (χ3n) is 2.39. The zero-order valence-electron chi connectivity index (χ0n) is 10.2. The molecular formula is C14H11BrO4. The lowest BCUT2D eigenvalue weighted by Gasteiger charge is -2.04.